The second-order valence-corrected chi connectivity index (χ2v) is 3.17. The summed E-state index contributed by atoms with van der Waals surface area (Å²) < 4.78 is 0. The Hall–Kier alpha value is -2.43. The van der Waals surface area contributed by atoms with Crippen molar-refractivity contribution in [3.63, 3.8) is 0 Å². The number of nitrogens with two attached hydrogens (primary N) is 1. The van der Waals surface area contributed by atoms with Gasteiger partial charge < -0.3 is 10.8 Å². The maximum Gasteiger partial charge on any atom is 0.267 e. The van der Waals surface area contributed by atoms with Crippen molar-refractivity contribution < 1.29 is 9.90 Å². The monoisotopic (exact) mass is 215 g/mol. The highest BCUT2D eigenvalue weighted by molar-refractivity contribution is 5.92. The molecular weight excluding hydrogens is 206 g/mol. The van der Waals surface area contributed by atoms with Crippen molar-refractivity contribution in [2.24, 2.45) is 5.73 Å². The van der Waals surface area contributed by atoms with E-state index in [9.17, 15) is 9.90 Å². The average Bonchev–Trinajstić information content (AvgIpc) is 2.30. The van der Waals surface area contributed by atoms with E-state index >= 15 is 0 Å². The van der Waals surface area contributed by atoms with E-state index in [0.29, 0.717) is 11.1 Å². The number of carbonyl (C=O) groups excluding carboxylic acids is 1. The predicted molar refractivity (Wildman–Crippen MR) is 57.7 cm³/mol. The molecule has 2 aromatic rings. The molecule has 0 aliphatic heterocycles. The molecule has 0 aliphatic rings. The molecule has 0 aromatic carbocycles. The van der Waals surface area contributed by atoms with Crippen LogP contribution in [0, 0.1) is 0 Å². The normalized spacial score (nSPS) is 10.0. The van der Waals surface area contributed by atoms with E-state index in [1.807, 2.05) is 0 Å². The van der Waals surface area contributed by atoms with Crippen molar-refractivity contribution >= 4 is 5.91 Å². The molecule has 0 atom stereocenters. The summed E-state index contributed by atoms with van der Waals surface area (Å²) in [6, 6.07) is 6.57. The summed E-state index contributed by atoms with van der Waals surface area (Å²) in [4.78, 5) is 18.5. The van der Waals surface area contributed by atoms with Gasteiger partial charge >= 0.3 is 0 Å². The van der Waals surface area contributed by atoms with Crippen molar-refractivity contribution in [3.05, 3.63) is 42.4 Å². The summed E-state index contributed by atoms with van der Waals surface area (Å²) in [7, 11) is 0. The van der Waals surface area contributed by atoms with Gasteiger partial charge in [-0.3, -0.25) is 9.78 Å². The van der Waals surface area contributed by atoms with Gasteiger partial charge in [0.25, 0.3) is 5.91 Å². The highest BCUT2D eigenvalue weighted by Gasteiger charge is 2.07. The Morgan fingerprint density at radius 2 is 2.06 bits per heavy atom. The first-order valence-electron chi connectivity index (χ1n) is 4.58. The minimum absolute atomic E-state index is 0.0934. The van der Waals surface area contributed by atoms with Gasteiger partial charge in [-0.25, -0.2) is 4.98 Å². The molecule has 0 saturated heterocycles. The lowest BCUT2D eigenvalue weighted by Crippen LogP contribution is -2.12. The van der Waals surface area contributed by atoms with E-state index in [1.165, 1.54) is 18.5 Å². The van der Waals surface area contributed by atoms with Crippen LogP contribution >= 0.6 is 0 Å². The maximum absolute atomic E-state index is 11.0. The van der Waals surface area contributed by atoms with E-state index in [-0.39, 0.29) is 11.6 Å². The number of aromatic hydroxyl groups is 1. The van der Waals surface area contributed by atoms with Crippen molar-refractivity contribution in [2.45, 2.75) is 0 Å². The standard InChI is InChI=1S/C11H9N3O2/c12-10(15)9-6-7(3-5-13-9)8-2-1-4-14-11(8)16/h1-6H,(H2,12,15)(H,14,16). The third-order valence-electron chi connectivity index (χ3n) is 2.11. The van der Waals surface area contributed by atoms with Crippen molar-refractivity contribution in [2.75, 3.05) is 0 Å². The van der Waals surface area contributed by atoms with Crippen LogP contribution in [0.25, 0.3) is 11.1 Å². The van der Waals surface area contributed by atoms with E-state index in [0.717, 1.165) is 0 Å². The molecular formula is C11H9N3O2. The molecule has 2 heterocycles. The SMILES string of the molecule is NC(=O)c1cc(-c2cccnc2O)ccn1. The van der Waals surface area contributed by atoms with Crippen LogP contribution in [0.4, 0.5) is 0 Å². The zero-order valence-corrected chi connectivity index (χ0v) is 8.29. The molecule has 0 saturated carbocycles. The average molecular weight is 215 g/mol. The summed E-state index contributed by atoms with van der Waals surface area (Å²) in [6.07, 6.45) is 2.94. The largest absolute Gasteiger partial charge is 0.493 e. The van der Waals surface area contributed by atoms with E-state index in [2.05, 4.69) is 9.97 Å². The molecule has 0 unspecified atom stereocenters. The number of nitrogens with zero attached hydrogens (tertiary/aromatic N) is 2. The zero-order chi connectivity index (χ0) is 11.5. The third-order valence-corrected chi connectivity index (χ3v) is 2.11. The molecule has 16 heavy (non-hydrogen) atoms. The van der Waals surface area contributed by atoms with Crippen LogP contribution in [-0.4, -0.2) is 21.0 Å². The van der Waals surface area contributed by atoms with Gasteiger partial charge in [-0.05, 0) is 29.8 Å². The Kier molecular flexibility index (Phi) is 2.51. The van der Waals surface area contributed by atoms with Crippen LogP contribution in [-0.2, 0) is 0 Å². The lowest BCUT2D eigenvalue weighted by Gasteiger charge is -2.03. The van der Waals surface area contributed by atoms with Gasteiger partial charge in [0.15, 0.2) is 0 Å². The Morgan fingerprint density at radius 1 is 1.25 bits per heavy atom. The van der Waals surface area contributed by atoms with Gasteiger partial charge in [0, 0.05) is 18.0 Å². The molecule has 2 aromatic heterocycles. The molecule has 0 spiro atoms. The second-order valence-electron chi connectivity index (χ2n) is 3.17. The van der Waals surface area contributed by atoms with Crippen LogP contribution in [0.15, 0.2) is 36.7 Å². The van der Waals surface area contributed by atoms with Crippen LogP contribution in [0.2, 0.25) is 0 Å². The number of pyridine rings is 2. The van der Waals surface area contributed by atoms with Crippen molar-refractivity contribution in [1.29, 1.82) is 0 Å². The first-order chi connectivity index (χ1) is 7.68. The molecule has 0 fully saturated rings. The molecule has 1 amide bonds. The number of carbonyl (C=O) groups is 1. The third kappa shape index (κ3) is 1.83. The summed E-state index contributed by atoms with van der Waals surface area (Å²) in [5.41, 5.74) is 6.45. The van der Waals surface area contributed by atoms with Crippen LogP contribution in [0.1, 0.15) is 10.5 Å². The summed E-state index contributed by atoms with van der Waals surface area (Å²) in [6.45, 7) is 0. The number of rotatable bonds is 2. The molecule has 2 rings (SSSR count). The topological polar surface area (TPSA) is 89.1 Å². The fourth-order valence-corrected chi connectivity index (χ4v) is 1.36. The molecule has 80 valence electrons. The maximum atomic E-state index is 11.0. The van der Waals surface area contributed by atoms with Gasteiger partial charge in [-0.15, -0.1) is 0 Å². The second kappa shape index (κ2) is 3.98. The zero-order valence-electron chi connectivity index (χ0n) is 8.29. The highest BCUT2D eigenvalue weighted by atomic mass is 16.3. The smallest absolute Gasteiger partial charge is 0.267 e. The number of hydrogen-bond donors (Lipinski definition) is 2. The lowest BCUT2D eigenvalue weighted by atomic mass is 10.1. The van der Waals surface area contributed by atoms with E-state index in [1.54, 1.807) is 18.2 Å². The number of hydrogen-bond acceptors (Lipinski definition) is 4. The van der Waals surface area contributed by atoms with Gasteiger partial charge in [0.05, 0.1) is 0 Å². The first-order valence-corrected chi connectivity index (χ1v) is 4.58. The van der Waals surface area contributed by atoms with Crippen molar-refractivity contribution in [3.8, 4) is 17.0 Å². The lowest BCUT2D eigenvalue weighted by molar-refractivity contribution is 0.0995. The Balaban J connectivity index is 2.53. The molecule has 0 aliphatic carbocycles. The summed E-state index contributed by atoms with van der Waals surface area (Å²) >= 11 is 0. The van der Waals surface area contributed by atoms with Gasteiger partial charge in [-0.2, -0.15) is 0 Å². The van der Waals surface area contributed by atoms with Gasteiger partial charge in [-0.1, -0.05) is 0 Å². The van der Waals surface area contributed by atoms with Crippen LogP contribution < -0.4 is 5.73 Å². The fourth-order valence-electron chi connectivity index (χ4n) is 1.36. The van der Waals surface area contributed by atoms with Crippen molar-refractivity contribution in [1.82, 2.24) is 9.97 Å². The highest BCUT2D eigenvalue weighted by Crippen LogP contribution is 2.26. The van der Waals surface area contributed by atoms with E-state index in [4.69, 9.17) is 5.73 Å². The van der Waals surface area contributed by atoms with Crippen LogP contribution in [0.3, 0.4) is 0 Å². The van der Waals surface area contributed by atoms with Crippen LogP contribution in [0.5, 0.6) is 5.88 Å². The number of primary amides is 1. The molecule has 5 heteroatoms. The Morgan fingerprint density at radius 3 is 2.75 bits per heavy atom. The fraction of sp³-hybridized carbons (Fsp3) is 0. The molecule has 5 nitrogen and oxygen atoms in total. The molecule has 0 bridgehead atoms. The molecule has 0 radical (unpaired) electrons. The summed E-state index contributed by atoms with van der Waals surface area (Å²) in [5, 5.41) is 9.55. The predicted octanol–water partition coefficient (Wildman–Crippen LogP) is 0.948. The summed E-state index contributed by atoms with van der Waals surface area (Å²) in [5.74, 6) is -0.700. The van der Waals surface area contributed by atoms with Gasteiger partial charge in [0.2, 0.25) is 5.88 Å². The first kappa shape index (κ1) is 10.1. The minimum atomic E-state index is -0.606. The Bertz CT molecular complexity index is 540. The number of aromatic nitrogens is 2. The van der Waals surface area contributed by atoms with E-state index < -0.39 is 5.91 Å². The Labute approximate surface area is 91.6 Å². The molecule has 3 N–H and O–H groups in total. The quantitative estimate of drug-likeness (QED) is 0.780. The van der Waals surface area contributed by atoms with Gasteiger partial charge in [0.1, 0.15) is 5.69 Å². The minimum Gasteiger partial charge on any atom is -0.493 e. The number of amides is 1.